The van der Waals surface area contributed by atoms with E-state index >= 15 is 0 Å². The van der Waals surface area contributed by atoms with E-state index in [1.165, 1.54) is 22.8 Å². The highest BCUT2D eigenvalue weighted by Gasteiger charge is 2.12. The van der Waals surface area contributed by atoms with E-state index in [1.807, 2.05) is 11.3 Å². The molecule has 4 heteroatoms. The van der Waals surface area contributed by atoms with E-state index in [1.54, 1.807) is 10.4 Å². The number of thiophene rings is 1. The number of rotatable bonds is 6. The van der Waals surface area contributed by atoms with Crippen LogP contribution in [0.2, 0.25) is 0 Å². The van der Waals surface area contributed by atoms with Gasteiger partial charge in [0.2, 0.25) is 0 Å². The minimum Gasteiger partial charge on any atom is -0.316 e. The monoisotopic (exact) mass is 256 g/mol. The summed E-state index contributed by atoms with van der Waals surface area (Å²) >= 11 is 4.07. The van der Waals surface area contributed by atoms with Crippen LogP contribution in [0, 0.1) is 0 Å². The zero-order chi connectivity index (χ0) is 11.2. The average molecular weight is 256 g/mol. The lowest BCUT2D eigenvalue weighted by molar-refractivity contribution is 0.628. The van der Waals surface area contributed by atoms with Crippen LogP contribution in [0.25, 0.3) is 0 Å². The van der Waals surface area contributed by atoms with E-state index in [0.717, 1.165) is 26.2 Å². The van der Waals surface area contributed by atoms with Crippen LogP contribution in [-0.4, -0.2) is 25.4 Å². The van der Waals surface area contributed by atoms with Gasteiger partial charge in [0.25, 0.3) is 0 Å². The van der Waals surface area contributed by atoms with Gasteiger partial charge in [0, 0.05) is 35.1 Å². The molecule has 0 aromatic carbocycles. The second-order valence-electron chi connectivity index (χ2n) is 3.99. The minimum absolute atomic E-state index is 1.04. The third-order valence-electron chi connectivity index (χ3n) is 2.71. The molecular weight excluding hydrogens is 236 g/mol. The van der Waals surface area contributed by atoms with Crippen molar-refractivity contribution in [2.45, 2.75) is 25.6 Å². The van der Waals surface area contributed by atoms with Crippen LogP contribution in [0.15, 0.2) is 6.07 Å². The van der Waals surface area contributed by atoms with Crippen molar-refractivity contribution in [1.29, 1.82) is 0 Å². The first kappa shape index (κ1) is 12.4. The van der Waals surface area contributed by atoms with Gasteiger partial charge in [-0.15, -0.1) is 11.3 Å². The van der Waals surface area contributed by atoms with Crippen molar-refractivity contribution in [3.63, 3.8) is 0 Å². The van der Waals surface area contributed by atoms with E-state index in [-0.39, 0.29) is 0 Å². The molecule has 0 aliphatic carbocycles. The van der Waals surface area contributed by atoms with Crippen molar-refractivity contribution in [2.75, 3.05) is 25.4 Å². The van der Waals surface area contributed by atoms with Crippen LogP contribution < -0.4 is 10.6 Å². The summed E-state index contributed by atoms with van der Waals surface area (Å²) in [4.78, 5) is 3.13. The summed E-state index contributed by atoms with van der Waals surface area (Å²) in [6, 6.07) is 2.40. The van der Waals surface area contributed by atoms with Crippen molar-refractivity contribution in [2.24, 2.45) is 0 Å². The molecule has 2 heterocycles. The first-order chi connectivity index (χ1) is 7.90. The summed E-state index contributed by atoms with van der Waals surface area (Å²) in [7, 11) is 0. The molecule has 0 saturated heterocycles. The Labute approximate surface area is 106 Å². The molecular formula is C12H20N2S2. The number of thioether (sulfide) groups is 1. The van der Waals surface area contributed by atoms with Gasteiger partial charge < -0.3 is 10.6 Å². The molecule has 0 spiro atoms. The molecule has 0 radical (unpaired) electrons. The Hall–Kier alpha value is -0.0300. The minimum atomic E-state index is 1.04. The highest BCUT2D eigenvalue weighted by molar-refractivity contribution is 7.98. The van der Waals surface area contributed by atoms with Crippen molar-refractivity contribution in [1.82, 2.24) is 10.6 Å². The van der Waals surface area contributed by atoms with Crippen molar-refractivity contribution in [3.8, 4) is 0 Å². The third-order valence-corrected chi connectivity index (χ3v) is 4.95. The Morgan fingerprint density at radius 2 is 2.19 bits per heavy atom. The Balaban J connectivity index is 1.74. The second-order valence-corrected chi connectivity index (χ2v) is 6.32. The maximum Gasteiger partial charge on any atom is 0.0300 e. The lowest BCUT2D eigenvalue weighted by Crippen LogP contribution is -2.26. The lowest BCUT2D eigenvalue weighted by Gasteiger charge is -2.08. The molecule has 0 amide bonds. The van der Waals surface area contributed by atoms with Crippen molar-refractivity contribution in [3.05, 3.63) is 21.4 Å². The van der Waals surface area contributed by atoms with Crippen molar-refractivity contribution >= 4 is 23.1 Å². The summed E-state index contributed by atoms with van der Waals surface area (Å²) in [5.74, 6) is 2.53. The van der Waals surface area contributed by atoms with Gasteiger partial charge in [0.05, 0.1) is 0 Å². The molecule has 1 aromatic rings. The summed E-state index contributed by atoms with van der Waals surface area (Å²) < 4.78 is 0. The molecule has 2 nitrogen and oxygen atoms in total. The van der Waals surface area contributed by atoms with Crippen LogP contribution in [0.5, 0.6) is 0 Å². The van der Waals surface area contributed by atoms with Gasteiger partial charge in [-0.25, -0.2) is 0 Å². The molecule has 90 valence electrons. The number of hydrogen-bond acceptors (Lipinski definition) is 4. The van der Waals surface area contributed by atoms with Crippen LogP contribution in [0.3, 0.4) is 0 Å². The number of likely N-dealkylation sites (N-methyl/N-ethyl adjacent to an activating group) is 1. The second kappa shape index (κ2) is 6.64. The molecule has 2 N–H and O–H groups in total. The first-order valence-corrected chi connectivity index (χ1v) is 7.97. The highest BCUT2D eigenvalue weighted by Crippen LogP contribution is 2.31. The Kier molecular flexibility index (Phi) is 5.16. The van der Waals surface area contributed by atoms with E-state index in [0.29, 0.717) is 0 Å². The van der Waals surface area contributed by atoms with E-state index in [2.05, 4.69) is 35.4 Å². The zero-order valence-corrected chi connectivity index (χ0v) is 11.5. The Bertz CT molecular complexity index is 299. The largest absolute Gasteiger partial charge is 0.316 e. The zero-order valence-electron chi connectivity index (χ0n) is 9.84. The standard InChI is InChI=1S/C12H20N2S2/c1-2-13-4-5-14-8-11-7-10-9-15-6-3-12(10)16-11/h7,13-14H,2-6,8-9H2,1H3. The van der Waals surface area contributed by atoms with E-state index in [4.69, 9.17) is 0 Å². The fourth-order valence-electron chi connectivity index (χ4n) is 1.86. The predicted molar refractivity (Wildman–Crippen MR) is 74.4 cm³/mol. The molecule has 0 unspecified atom stereocenters. The van der Waals surface area contributed by atoms with Crippen molar-refractivity contribution < 1.29 is 0 Å². The summed E-state index contributed by atoms with van der Waals surface area (Å²) in [5.41, 5.74) is 1.59. The van der Waals surface area contributed by atoms with E-state index in [9.17, 15) is 0 Å². The number of nitrogens with one attached hydrogen (secondary N) is 2. The van der Waals surface area contributed by atoms with Crippen LogP contribution in [0.4, 0.5) is 0 Å². The van der Waals surface area contributed by atoms with Gasteiger partial charge in [0.1, 0.15) is 0 Å². The molecule has 0 bridgehead atoms. The molecule has 0 atom stereocenters. The highest BCUT2D eigenvalue weighted by atomic mass is 32.2. The smallest absolute Gasteiger partial charge is 0.0300 e. The third kappa shape index (κ3) is 3.48. The lowest BCUT2D eigenvalue weighted by atomic mass is 10.2. The molecule has 0 saturated carbocycles. The molecule has 0 fully saturated rings. The number of fused-ring (bicyclic) bond motifs is 1. The van der Waals surface area contributed by atoms with E-state index < -0.39 is 0 Å². The maximum absolute atomic E-state index is 3.49. The summed E-state index contributed by atoms with van der Waals surface area (Å²) in [5, 5.41) is 6.81. The van der Waals surface area contributed by atoms with Crippen LogP contribution >= 0.6 is 23.1 Å². The fraction of sp³-hybridized carbons (Fsp3) is 0.667. The Morgan fingerprint density at radius 1 is 1.31 bits per heavy atom. The molecule has 2 rings (SSSR count). The molecule has 1 aliphatic heterocycles. The Morgan fingerprint density at radius 3 is 3.00 bits per heavy atom. The van der Waals surface area contributed by atoms with Gasteiger partial charge >= 0.3 is 0 Å². The van der Waals surface area contributed by atoms with Gasteiger partial charge in [-0.3, -0.25) is 0 Å². The maximum atomic E-state index is 3.49. The predicted octanol–water partition coefficient (Wildman–Crippen LogP) is 2.24. The normalized spacial score (nSPS) is 15.1. The average Bonchev–Trinajstić information content (AvgIpc) is 2.71. The van der Waals surface area contributed by atoms with Gasteiger partial charge in [-0.2, -0.15) is 11.8 Å². The topological polar surface area (TPSA) is 24.1 Å². The van der Waals surface area contributed by atoms with Gasteiger partial charge in [0.15, 0.2) is 0 Å². The first-order valence-electron chi connectivity index (χ1n) is 5.99. The van der Waals surface area contributed by atoms with Gasteiger partial charge in [-0.1, -0.05) is 6.92 Å². The summed E-state index contributed by atoms with van der Waals surface area (Å²) in [6.45, 7) is 6.37. The van der Waals surface area contributed by atoms with Gasteiger partial charge in [-0.05, 0) is 30.3 Å². The van der Waals surface area contributed by atoms with Crippen LogP contribution in [-0.2, 0) is 18.7 Å². The number of aryl methyl sites for hydroxylation is 1. The molecule has 16 heavy (non-hydrogen) atoms. The summed E-state index contributed by atoms with van der Waals surface area (Å²) in [6.07, 6.45) is 1.28. The van der Waals surface area contributed by atoms with Crippen LogP contribution in [0.1, 0.15) is 22.2 Å². The molecule has 1 aromatic heterocycles. The SMILES string of the molecule is CCNCCNCc1cc2c(s1)CCSC2. The fourth-order valence-corrected chi connectivity index (χ4v) is 4.21. The number of hydrogen-bond donors (Lipinski definition) is 2. The molecule has 1 aliphatic rings. The quantitative estimate of drug-likeness (QED) is 0.763.